The lowest BCUT2D eigenvalue weighted by Gasteiger charge is -2.31. The predicted molar refractivity (Wildman–Crippen MR) is 85.0 cm³/mol. The maximum absolute atomic E-state index is 12.6. The van der Waals surface area contributed by atoms with Crippen molar-refractivity contribution in [1.29, 1.82) is 0 Å². The minimum Gasteiger partial charge on any atom is -0.339 e. The van der Waals surface area contributed by atoms with Crippen molar-refractivity contribution in [3.63, 3.8) is 0 Å². The van der Waals surface area contributed by atoms with Gasteiger partial charge in [-0.25, -0.2) is 0 Å². The molecule has 3 heteroatoms. The number of rotatable bonds is 3. The first-order valence-electron chi connectivity index (χ1n) is 8.10. The molecule has 1 aromatic rings. The van der Waals surface area contributed by atoms with Crippen molar-refractivity contribution in [2.45, 2.75) is 51.0 Å². The van der Waals surface area contributed by atoms with Gasteiger partial charge in [-0.15, -0.1) is 0 Å². The Bertz CT molecular complexity index is 464. The van der Waals surface area contributed by atoms with E-state index in [0.717, 1.165) is 19.4 Å². The maximum atomic E-state index is 12.6. The van der Waals surface area contributed by atoms with Crippen molar-refractivity contribution in [2.75, 3.05) is 6.54 Å². The second-order valence-electron chi connectivity index (χ2n) is 6.50. The summed E-state index contributed by atoms with van der Waals surface area (Å²) in [5, 5.41) is 0. The number of amides is 1. The maximum Gasteiger partial charge on any atom is 0.226 e. The molecule has 0 bridgehead atoms. The van der Waals surface area contributed by atoms with Crippen LogP contribution in [0.25, 0.3) is 0 Å². The van der Waals surface area contributed by atoms with Crippen molar-refractivity contribution in [2.24, 2.45) is 5.92 Å². The molecule has 1 unspecified atom stereocenters. The molecule has 1 aliphatic heterocycles. The smallest absolute Gasteiger partial charge is 0.226 e. The Morgan fingerprint density at radius 3 is 2.45 bits per heavy atom. The van der Waals surface area contributed by atoms with Gasteiger partial charge in [-0.1, -0.05) is 49.0 Å². The monoisotopic (exact) mass is 269 g/mol. The van der Waals surface area contributed by atoms with E-state index in [0.29, 0.717) is 11.9 Å². The molecule has 2 fully saturated rings. The van der Waals surface area contributed by atoms with Crippen LogP contribution >= 0.6 is 0 Å². The van der Waals surface area contributed by atoms with Crippen molar-refractivity contribution in [3.05, 3.63) is 29.8 Å². The number of carbonyl (C=O) groups excluding carboxylic acids is 1. The van der Waals surface area contributed by atoms with Crippen LogP contribution in [0.1, 0.15) is 44.1 Å². The predicted octanol–water partition coefficient (Wildman–Crippen LogP) is 1.67. The van der Waals surface area contributed by atoms with E-state index >= 15 is 0 Å². The first-order valence-corrected chi connectivity index (χ1v) is 8.10. The zero-order valence-corrected chi connectivity index (χ0v) is 12.5. The van der Waals surface area contributed by atoms with E-state index in [2.05, 4.69) is 37.0 Å². The highest BCUT2D eigenvalue weighted by atomic mass is 16.2. The number of hydrogen-bond donors (Lipinski definition) is 0. The van der Waals surface area contributed by atoms with Gasteiger partial charge in [-0.2, -0.15) is 0 Å². The second-order valence-corrected chi connectivity index (χ2v) is 6.50. The van der Waals surface area contributed by atoms with E-state index in [-0.39, 0.29) is 5.92 Å². The van der Waals surface area contributed by atoms with E-state index in [4.69, 9.17) is 0 Å². The third-order valence-corrected chi connectivity index (χ3v) is 4.97. The summed E-state index contributed by atoms with van der Waals surface area (Å²) in [6, 6.07) is 9.18. The molecule has 1 amide bonds. The molecule has 1 atom stereocenters. The van der Waals surface area contributed by atoms with Crippen molar-refractivity contribution < 1.29 is 4.79 Å². The number of carbonyl (C=O) groups is 1. The summed E-state index contributed by atoms with van der Waals surface area (Å²) in [6.45, 7) is 0.986. The Balaban J connectivity index is 1.61. The van der Waals surface area contributed by atoms with Crippen LogP contribution in [0, 0.1) is 5.92 Å². The van der Waals surface area contributed by atoms with Gasteiger partial charge >= 0.3 is 0 Å². The molecule has 0 radical (unpaired) electrons. The van der Waals surface area contributed by atoms with Crippen molar-refractivity contribution >= 4 is 19.2 Å². The fraction of sp³-hybridized carbons (Fsp3) is 0.588. The summed E-state index contributed by atoms with van der Waals surface area (Å²) in [6.07, 6.45) is 8.37. The summed E-state index contributed by atoms with van der Waals surface area (Å²) in [5.41, 5.74) is 2.59. The molecule has 2 nitrogen and oxygen atoms in total. The quantitative estimate of drug-likeness (QED) is 0.764. The summed E-state index contributed by atoms with van der Waals surface area (Å²) in [7, 11) is 2.11. The number of benzene rings is 1. The zero-order chi connectivity index (χ0) is 13.9. The highest BCUT2D eigenvalue weighted by Gasteiger charge is 2.35. The normalized spacial score (nSPS) is 24.3. The minimum absolute atomic E-state index is 0.222. The minimum atomic E-state index is 0.222. The Morgan fingerprint density at radius 2 is 1.75 bits per heavy atom. The molecule has 106 valence electrons. The Hall–Kier alpha value is -1.25. The SMILES string of the molecule is Bc1ccc(CC2CCN(C3CCCCC3)C2=O)cc1. The molecule has 0 spiro atoms. The first kappa shape index (κ1) is 13.7. The molecule has 0 N–H and O–H groups in total. The largest absolute Gasteiger partial charge is 0.339 e. The van der Waals surface area contributed by atoms with Crippen LogP contribution in [0.5, 0.6) is 0 Å². The van der Waals surface area contributed by atoms with Crippen LogP contribution in [0.3, 0.4) is 0 Å². The van der Waals surface area contributed by atoms with Gasteiger partial charge in [0.05, 0.1) is 0 Å². The molecule has 1 aliphatic carbocycles. The topological polar surface area (TPSA) is 20.3 Å². The average Bonchev–Trinajstić information content (AvgIpc) is 2.84. The van der Waals surface area contributed by atoms with Crippen LogP contribution in [0.15, 0.2) is 24.3 Å². The number of likely N-dealkylation sites (tertiary alicyclic amines) is 1. The van der Waals surface area contributed by atoms with Gasteiger partial charge in [0, 0.05) is 18.5 Å². The number of hydrogen-bond acceptors (Lipinski definition) is 1. The molecule has 1 aromatic carbocycles. The third-order valence-electron chi connectivity index (χ3n) is 4.97. The highest BCUT2D eigenvalue weighted by molar-refractivity contribution is 6.32. The van der Waals surface area contributed by atoms with E-state index in [1.165, 1.54) is 43.1 Å². The van der Waals surface area contributed by atoms with E-state index in [1.54, 1.807) is 0 Å². The molecule has 1 saturated heterocycles. The Morgan fingerprint density at radius 1 is 1.05 bits per heavy atom. The summed E-state index contributed by atoms with van der Waals surface area (Å²) >= 11 is 0. The molecule has 1 saturated carbocycles. The van der Waals surface area contributed by atoms with Crippen LogP contribution in [-0.2, 0) is 11.2 Å². The molecule has 1 heterocycles. The molecule has 3 rings (SSSR count). The first-order chi connectivity index (χ1) is 9.74. The van der Waals surface area contributed by atoms with Crippen LogP contribution in [0.4, 0.5) is 0 Å². The third kappa shape index (κ3) is 2.92. The van der Waals surface area contributed by atoms with E-state index < -0.39 is 0 Å². The molecular formula is C17H24BNO. The molecule has 2 aliphatic rings. The zero-order valence-electron chi connectivity index (χ0n) is 12.5. The van der Waals surface area contributed by atoms with Crippen LogP contribution in [-0.4, -0.2) is 31.2 Å². The summed E-state index contributed by atoms with van der Waals surface area (Å²) < 4.78 is 0. The standard InChI is InChI=1S/C17H24BNO/c18-15-8-6-13(7-9-15)12-14-10-11-19(17(14)20)16-4-2-1-3-5-16/h6-9,14,16H,1-5,10-12,18H2. The van der Waals surface area contributed by atoms with Crippen molar-refractivity contribution in [1.82, 2.24) is 4.90 Å². The molecule has 20 heavy (non-hydrogen) atoms. The van der Waals surface area contributed by atoms with E-state index in [1.807, 2.05) is 0 Å². The van der Waals surface area contributed by atoms with Gasteiger partial charge in [0.15, 0.2) is 0 Å². The summed E-state index contributed by atoms with van der Waals surface area (Å²) in [5.74, 6) is 0.636. The van der Waals surface area contributed by atoms with Crippen molar-refractivity contribution in [3.8, 4) is 0 Å². The van der Waals surface area contributed by atoms with Gasteiger partial charge in [0.25, 0.3) is 0 Å². The molecular weight excluding hydrogens is 245 g/mol. The van der Waals surface area contributed by atoms with Crippen LogP contribution < -0.4 is 5.46 Å². The summed E-state index contributed by atoms with van der Waals surface area (Å²) in [4.78, 5) is 14.8. The van der Waals surface area contributed by atoms with Gasteiger partial charge in [-0.05, 0) is 31.2 Å². The lowest BCUT2D eigenvalue weighted by molar-refractivity contribution is -0.133. The second kappa shape index (κ2) is 6.03. The lowest BCUT2D eigenvalue weighted by Crippen LogP contribution is -2.39. The van der Waals surface area contributed by atoms with Gasteiger partial charge in [0.2, 0.25) is 5.91 Å². The van der Waals surface area contributed by atoms with Gasteiger partial charge in [0.1, 0.15) is 7.85 Å². The van der Waals surface area contributed by atoms with Gasteiger partial charge < -0.3 is 4.90 Å². The number of nitrogens with zero attached hydrogens (tertiary/aromatic N) is 1. The van der Waals surface area contributed by atoms with E-state index in [9.17, 15) is 4.79 Å². The average molecular weight is 269 g/mol. The van der Waals surface area contributed by atoms with Gasteiger partial charge in [-0.3, -0.25) is 4.79 Å². The lowest BCUT2D eigenvalue weighted by atomic mass is 9.92. The fourth-order valence-corrected chi connectivity index (χ4v) is 3.72. The Kier molecular flexibility index (Phi) is 4.14. The molecule has 0 aromatic heterocycles. The van der Waals surface area contributed by atoms with Crippen LogP contribution in [0.2, 0.25) is 0 Å². The Labute approximate surface area is 123 Å². The fourth-order valence-electron chi connectivity index (χ4n) is 3.72. The highest BCUT2D eigenvalue weighted by Crippen LogP contribution is 2.30.